The fourth-order valence-corrected chi connectivity index (χ4v) is 5.37. The zero-order valence-electron chi connectivity index (χ0n) is 20.0. The summed E-state index contributed by atoms with van der Waals surface area (Å²) in [6, 6.07) is 21.1. The van der Waals surface area contributed by atoms with Crippen molar-refractivity contribution in [3.05, 3.63) is 78.2 Å². The molecule has 0 heterocycles. The number of benzene rings is 2. The summed E-state index contributed by atoms with van der Waals surface area (Å²) in [4.78, 5) is 0. The molecule has 0 radical (unpaired) electrons. The third kappa shape index (κ3) is 11.8. The van der Waals surface area contributed by atoms with Crippen molar-refractivity contribution in [3.8, 4) is 0 Å². The van der Waals surface area contributed by atoms with Crippen molar-refractivity contribution in [2.45, 2.75) is 59.0 Å². The average Bonchev–Trinajstić information content (AvgIpc) is 2.70. The molecule has 0 saturated carbocycles. The van der Waals surface area contributed by atoms with Crippen LogP contribution in [0, 0.1) is 11.6 Å². The Labute approximate surface area is 212 Å². The molecular formula is C25H35LiOSi2Zn. The van der Waals surface area contributed by atoms with E-state index in [0.717, 1.165) is 12.8 Å². The molecule has 1 unspecified atom stereocenters. The van der Waals surface area contributed by atoms with E-state index in [0.29, 0.717) is 0 Å². The third-order valence-electron chi connectivity index (χ3n) is 4.99. The monoisotopic (exact) mass is 478 g/mol. The van der Waals surface area contributed by atoms with Crippen molar-refractivity contribution in [3.63, 3.8) is 0 Å². The van der Waals surface area contributed by atoms with E-state index in [9.17, 15) is 5.11 Å². The van der Waals surface area contributed by atoms with E-state index >= 15 is 0 Å². The first-order valence-corrected chi connectivity index (χ1v) is 15.7. The van der Waals surface area contributed by atoms with Crippen molar-refractivity contribution < 1.29 is 43.4 Å². The molecule has 0 bridgehead atoms. The van der Waals surface area contributed by atoms with Gasteiger partial charge in [0.2, 0.25) is 0 Å². The smallest absolute Gasteiger partial charge is 0.862 e. The van der Waals surface area contributed by atoms with E-state index in [-0.39, 0.29) is 53.1 Å². The van der Waals surface area contributed by atoms with Gasteiger partial charge in [-0.1, -0.05) is 112 Å². The van der Waals surface area contributed by atoms with Gasteiger partial charge in [0.15, 0.2) is 0 Å². The molecule has 2 aromatic carbocycles. The second-order valence-electron chi connectivity index (χ2n) is 7.83. The Morgan fingerprint density at radius 3 is 1.83 bits per heavy atom. The minimum atomic E-state index is -1.73. The molecule has 0 aromatic heterocycles. The summed E-state index contributed by atoms with van der Waals surface area (Å²) in [5.74, 6) is 0.218. The Balaban J connectivity index is 0. The molecule has 0 aliphatic carbocycles. The van der Waals surface area contributed by atoms with Crippen LogP contribution in [-0.4, -0.2) is 23.0 Å². The van der Waals surface area contributed by atoms with Crippen LogP contribution in [0.25, 0.3) is 0 Å². The SMILES string of the molecule is CCC(CC)C([O-])C=C=[C-][Si](C)(C)c1ccccc1.C[Si-](C)c1ccccc1.[Li+].[Zn+2]. The van der Waals surface area contributed by atoms with Gasteiger partial charge >= 0.3 is 38.3 Å². The zero-order chi connectivity index (χ0) is 21.0. The fraction of sp³-hybridized carbons (Fsp3) is 0.400. The first-order valence-electron chi connectivity index (χ1n) is 10.2. The maximum Gasteiger partial charge on any atom is 2.00 e. The Kier molecular flexibility index (Phi) is 18.2. The average molecular weight is 480 g/mol. The Morgan fingerprint density at radius 1 is 0.967 bits per heavy atom. The van der Waals surface area contributed by atoms with Crippen LogP contribution >= 0.6 is 0 Å². The van der Waals surface area contributed by atoms with Crippen LogP contribution in [0.1, 0.15) is 26.7 Å². The molecule has 0 aliphatic heterocycles. The molecule has 1 nitrogen and oxygen atoms in total. The van der Waals surface area contributed by atoms with Crippen LogP contribution in [0.5, 0.6) is 0 Å². The molecule has 152 valence electrons. The molecule has 30 heavy (non-hydrogen) atoms. The Bertz CT molecular complexity index is 725. The van der Waals surface area contributed by atoms with Gasteiger partial charge in [0, 0.05) is 8.07 Å². The second kappa shape index (κ2) is 17.2. The zero-order valence-corrected chi connectivity index (χ0v) is 25.0. The van der Waals surface area contributed by atoms with Gasteiger partial charge in [-0.15, -0.1) is 0 Å². The van der Waals surface area contributed by atoms with E-state index in [1.54, 1.807) is 6.08 Å². The number of hydrogen-bond donors (Lipinski definition) is 0. The predicted molar refractivity (Wildman–Crippen MR) is 126 cm³/mol. The van der Waals surface area contributed by atoms with E-state index in [4.69, 9.17) is 0 Å². The van der Waals surface area contributed by atoms with Crippen LogP contribution in [-0.2, 0) is 19.5 Å². The van der Waals surface area contributed by atoms with Crippen LogP contribution in [0.3, 0.4) is 0 Å². The predicted octanol–water partition coefficient (Wildman–Crippen LogP) is 1.47. The van der Waals surface area contributed by atoms with Gasteiger partial charge in [0.25, 0.3) is 0 Å². The normalized spacial score (nSPS) is 10.9. The van der Waals surface area contributed by atoms with Crippen molar-refractivity contribution in [1.82, 2.24) is 0 Å². The Hall–Kier alpha value is -0.425. The summed E-state index contributed by atoms with van der Waals surface area (Å²) in [6.45, 7) is 13.2. The van der Waals surface area contributed by atoms with Gasteiger partial charge in [-0.25, -0.2) is 11.8 Å². The van der Waals surface area contributed by atoms with Gasteiger partial charge in [-0.3, -0.25) is 8.80 Å². The molecule has 5 heteroatoms. The van der Waals surface area contributed by atoms with E-state index < -0.39 is 14.2 Å². The van der Waals surface area contributed by atoms with Gasteiger partial charge in [0.1, 0.15) is 0 Å². The van der Waals surface area contributed by atoms with Crippen LogP contribution < -0.4 is 34.3 Å². The van der Waals surface area contributed by atoms with Crippen LogP contribution in [0.2, 0.25) is 26.2 Å². The maximum absolute atomic E-state index is 12.0. The van der Waals surface area contributed by atoms with E-state index in [1.165, 1.54) is 10.4 Å². The second-order valence-corrected chi connectivity index (χ2v) is 14.5. The van der Waals surface area contributed by atoms with E-state index in [1.807, 2.05) is 6.07 Å². The van der Waals surface area contributed by atoms with Crippen molar-refractivity contribution in [2.24, 2.45) is 5.92 Å². The van der Waals surface area contributed by atoms with Gasteiger partial charge in [0.05, 0.1) is 0 Å². The molecule has 1 atom stereocenters. The largest absolute Gasteiger partial charge is 2.00 e. The minimum absolute atomic E-state index is 0. The Morgan fingerprint density at radius 2 is 1.43 bits per heavy atom. The standard InChI is InChI=1S/C17H24OSi.C8H11Si.Li.Zn/c1-5-15(6-2)17(18)13-10-14-19(3,4)16-11-8-7-9-12-16;1-9(2)8-6-4-3-5-7-8;;/h7-9,11-13,15,17H,5-6H2,1-4H3;3-7H,1-2H3;;/q-2;-1;+1;+2. The molecule has 0 N–H and O–H groups in total. The minimum Gasteiger partial charge on any atom is -0.862 e. The maximum atomic E-state index is 12.0. The van der Waals surface area contributed by atoms with Crippen molar-refractivity contribution in [2.75, 3.05) is 0 Å². The fourth-order valence-electron chi connectivity index (χ4n) is 2.89. The van der Waals surface area contributed by atoms with Crippen LogP contribution in [0.4, 0.5) is 0 Å². The molecule has 0 spiro atoms. The molecule has 0 fully saturated rings. The van der Waals surface area contributed by atoms with Crippen molar-refractivity contribution in [1.29, 1.82) is 0 Å². The molecule has 0 aliphatic rings. The van der Waals surface area contributed by atoms with Crippen molar-refractivity contribution >= 4 is 27.2 Å². The molecule has 2 rings (SSSR count). The van der Waals surface area contributed by atoms with Crippen LogP contribution in [0.15, 0.2) is 72.5 Å². The summed E-state index contributed by atoms with van der Waals surface area (Å²) >= 11 is 0. The van der Waals surface area contributed by atoms with E-state index in [2.05, 4.69) is 106 Å². The van der Waals surface area contributed by atoms with Gasteiger partial charge < -0.3 is 10.8 Å². The first kappa shape index (κ1) is 31.8. The van der Waals surface area contributed by atoms with Gasteiger partial charge in [-0.2, -0.15) is 24.4 Å². The summed E-state index contributed by atoms with van der Waals surface area (Å²) in [6.07, 6.45) is 2.88. The number of hydrogen-bond acceptors (Lipinski definition) is 1. The number of rotatable bonds is 7. The molecule has 0 amide bonds. The molecule has 2 aromatic rings. The quantitative estimate of drug-likeness (QED) is 0.335. The third-order valence-corrected chi connectivity index (χ3v) is 9.03. The topological polar surface area (TPSA) is 23.1 Å². The molecular weight excluding hydrogens is 445 g/mol. The summed E-state index contributed by atoms with van der Waals surface area (Å²) < 4.78 is 0. The summed E-state index contributed by atoms with van der Waals surface area (Å²) in [5.41, 5.74) is 6.39. The van der Waals surface area contributed by atoms with Gasteiger partial charge in [-0.05, 0) is 0 Å². The summed E-state index contributed by atoms with van der Waals surface area (Å²) in [7, 11) is -1.94. The summed E-state index contributed by atoms with van der Waals surface area (Å²) in [5, 5.41) is 14.8. The molecule has 0 saturated heterocycles. The first-order chi connectivity index (χ1) is 13.3.